The molecule has 2 N–H and O–H groups in total. The number of rotatable bonds is 4. The molecule has 7 nitrogen and oxygen atoms in total. The van der Waals surface area contributed by atoms with Crippen LogP contribution in [0.4, 0.5) is 0 Å². The molecule has 2 aromatic rings. The number of amides is 1. The molecule has 0 aliphatic carbocycles. The highest BCUT2D eigenvalue weighted by Gasteiger charge is 2.12. The molecule has 0 aliphatic heterocycles. The maximum absolute atomic E-state index is 11.9. The lowest BCUT2D eigenvalue weighted by Gasteiger charge is -2.03. The van der Waals surface area contributed by atoms with Gasteiger partial charge in [0.25, 0.3) is 5.91 Å². The van der Waals surface area contributed by atoms with E-state index in [1.165, 1.54) is 18.3 Å². The molecule has 2 aromatic heterocycles. The van der Waals surface area contributed by atoms with Gasteiger partial charge in [0, 0.05) is 11.8 Å². The highest BCUT2D eigenvalue weighted by molar-refractivity contribution is 5.96. The van der Waals surface area contributed by atoms with E-state index in [4.69, 9.17) is 9.52 Å². The predicted octanol–water partition coefficient (Wildman–Crippen LogP) is 1.31. The summed E-state index contributed by atoms with van der Waals surface area (Å²) >= 11 is 0. The monoisotopic (exact) mass is 275 g/mol. The Bertz CT molecular complexity index is 644. The number of carbonyl (C=O) groups excluding carboxylic acids is 1. The maximum Gasteiger partial charge on any atom is 0.354 e. The van der Waals surface area contributed by atoms with Crippen molar-refractivity contribution in [3.05, 3.63) is 46.9 Å². The van der Waals surface area contributed by atoms with Gasteiger partial charge in [-0.3, -0.25) is 4.79 Å². The normalized spacial score (nSPS) is 10.3. The molecule has 0 aromatic carbocycles. The molecular weight excluding hydrogens is 262 g/mol. The number of carbonyl (C=O) groups is 2. The van der Waals surface area contributed by atoms with Gasteiger partial charge in [0.1, 0.15) is 11.5 Å². The molecule has 0 atom stereocenters. The Morgan fingerprint density at radius 3 is 2.75 bits per heavy atom. The molecule has 20 heavy (non-hydrogen) atoms. The van der Waals surface area contributed by atoms with Crippen molar-refractivity contribution in [1.29, 1.82) is 0 Å². The first-order valence-electron chi connectivity index (χ1n) is 5.88. The van der Waals surface area contributed by atoms with Crippen molar-refractivity contribution in [2.75, 3.05) is 0 Å². The summed E-state index contributed by atoms with van der Waals surface area (Å²) in [6, 6.07) is 2.65. The van der Waals surface area contributed by atoms with E-state index in [0.717, 1.165) is 5.69 Å². The molecule has 0 fully saturated rings. The number of carboxylic acid groups (broad SMARTS) is 1. The van der Waals surface area contributed by atoms with Crippen molar-refractivity contribution in [2.45, 2.75) is 20.4 Å². The third-order valence-electron chi connectivity index (χ3n) is 2.71. The lowest BCUT2D eigenvalue weighted by atomic mass is 10.2. The van der Waals surface area contributed by atoms with E-state index in [1.807, 2.05) is 6.92 Å². The summed E-state index contributed by atoms with van der Waals surface area (Å²) in [5.74, 6) is -0.491. The fourth-order valence-corrected chi connectivity index (χ4v) is 1.56. The van der Waals surface area contributed by atoms with Crippen molar-refractivity contribution in [1.82, 2.24) is 15.3 Å². The molecular formula is C13H13N3O4. The van der Waals surface area contributed by atoms with Gasteiger partial charge in [-0.1, -0.05) is 0 Å². The average Bonchev–Trinajstić information content (AvgIpc) is 2.75. The van der Waals surface area contributed by atoms with E-state index in [1.54, 1.807) is 6.92 Å². The number of oxazole rings is 1. The van der Waals surface area contributed by atoms with Crippen molar-refractivity contribution < 1.29 is 19.1 Å². The Morgan fingerprint density at radius 2 is 2.15 bits per heavy atom. The fraction of sp³-hybridized carbons (Fsp3) is 0.231. The third-order valence-corrected chi connectivity index (χ3v) is 2.71. The molecule has 7 heteroatoms. The van der Waals surface area contributed by atoms with E-state index >= 15 is 0 Å². The second-order valence-electron chi connectivity index (χ2n) is 4.17. The van der Waals surface area contributed by atoms with Crippen LogP contribution in [0, 0.1) is 13.8 Å². The van der Waals surface area contributed by atoms with Crippen LogP contribution in [0.5, 0.6) is 0 Å². The highest BCUT2D eigenvalue weighted by Crippen LogP contribution is 2.08. The summed E-state index contributed by atoms with van der Waals surface area (Å²) in [6.07, 6.45) is 1.28. The van der Waals surface area contributed by atoms with E-state index in [9.17, 15) is 9.59 Å². The van der Waals surface area contributed by atoms with Crippen LogP contribution in [0.15, 0.2) is 22.7 Å². The van der Waals surface area contributed by atoms with Crippen LogP contribution in [0.2, 0.25) is 0 Å². The zero-order valence-electron chi connectivity index (χ0n) is 11.0. The Labute approximate surface area is 114 Å². The smallest absolute Gasteiger partial charge is 0.354 e. The third kappa shape index (κ3) is 3.00. The Kier molecular flexibility index (Phi) is 3.79. The zero-order chi connectivity index (χ0) is 14.7. The first kappa shape index (κ1) is 13.7. The van der Waals surface area contributed by atoms with Crippen molar-refractivity contribution in [3.63, 3.8) is 0 Å². The number of carboxylic acids is 1. The Morgan fingerprint density at radius 1 is 1.40 bits per heavy atom. The van der Waals surface area contributed by atoms with Gasteiger partial charge in [0.15, 0.2) is 0 Å². The minimum atomic E-state index is -1.18. The Hall–Kier alpha value is -2.70. The van der Waals surface area contributed by atoms with E-state index in [-0.39, 0.29) is 17.8 Å². The van der Waals surface area contributed by atoms with E-state index < -0.39 is 11.9 Å². The van der Waals surface area contributed by atoms with E-state index in [2.05, 4.69) is 15.3 Å². The summed E-state index contributed by atoms with van der Waals surface area (Å²) < 4.78 is 5.33. The molecule has 0 spiro atoms. The molecule has 0 aliphatic rings. The largest absolute Gasteiger partial charge is 0.477 e. The summed E-state index contributed by atoms with van der Waals surface area (Å²) in [5.41, 5.74) is 0.809. The van der Waals surface area contributed by atoms with Gasteiger partial charge in [-0.15, -0.1) is 0 Å². The van der Waals surface area contributed by atoms with Gasteiger partial charge in [0.05, 0.1) is 12.2 Å². The summed E-state index contributed by atoms with van der Waals surface area (Å²) in [6.45, 7) is 3.74. The van der Waals surface area contributed by atoms with Crippen LogP contribution in [0.25, 0.3) is 0 Å². The lowest BCUT2D eigenvalue weighted by Crippen LogP contribution is -2.23. The molecule has 2 rings (SSSR count). The molecule has 0 bridgehead atoms. The molecule has 0 unspecified atom stereocenters. The van der Waals surface area contributed by atoms with Gasteiger partial charge >= 0.3 is 5.97 Å². The molecule has 1 amide bonds. The summed E-state index contributed by atoms with van der Waals surface area (Å²) in [7, 11) is 0. The molecule has 2 heterocycles. The van der Waals surface area contributed by atoms with Crippen molar-refractivity contribution in [3.8, 4) is 0 Å². The fourth-order valence-electron chi connectivity index (χ4n) is 1.56. The lowest BCUT2D eigenvalue weighted by molar-refractivity contribution is 0.0690. The number of aromatic carboxylic acids is 1. The quantitative estimate of drug-likeness (QED) is 0.871. The van der Waals surface area contributed by atoms with Gasteiger partial charge in [-0.05, 0) is 26.0 Å². The minimum Gasteiger partial charge on any atom is -0.477 e. The number of aromatic nitrogens is 2. The van der Waals surface area contributed by atoms with E-state index in [0.29, 0.717) is 11.7 Å². The van der Waals surface area contributed by atoms with Crippen LogP contribution in [0.3, 0.4) is 0 Å². The topological polar surface area (TPSA) is 105 Å². The van der Waals surface area contributed by atoms with Crippen molar-refractivity contribution >= 4 is 11.9 Å². The first-order chi connectivity index (χ1) is 9.47. The van der Waals surface area contributed by atoms with Gasteiger partial charge in [0.2, 0.25) is 5.89 Å². The first-order valence-corrected chi connectivity index (χ1v) is 5.88. The minimum absolute atomic E-state index is 0.137. The second-order valence-corrected chi connectivity index (χ2v) is 4.17. The zero-order valence-corrected chi connectivity index (χ0v) is 11.0. The van der Waals surface area contributed by atoms with Crippen LogP contribution >= 0.6 is 0 Å². The maximum atomic E-state index is 11.9. The number of nitrogens with one attached hydrogen (secondary N) is 1. The average molecular weight is 275 g/mol. The number of hydrogen-bond donors (Lipinski definition) is 2. The molecule has 104 valence electrons. The van der Waals surface area contributed by atoms with Crippen LogP contribution in [-0.2, 0) is 6.54 Å². The van der Waals surface area contributed by atoms with Crippen molar-refractivity contribution in [2.24, 2.45) is 0 Å². The predicted molar refractivity (Wildman–Crippen MR) is 68.3 cm³/mol. The molecule has 0 saturated heterocycles. The number of aryl methyl sites for hydroxylation is 2. The Balaban J connectivity index is 2.05. The van der Waals surface area contributed by atoms with Gasteiger partial charge in [-0.2, -0.15) is 0 Å². The number of pyridine rings is 1. The SMILES string of the molecule is Cc1nc(CNC(=O)c2ccnc(C(=O)O)c2)oc1C. The number of hydrogen-bond acceptors (Lipinski definition) is 5. The molecule has 0 radical (unpaired) electrons. The van der Waals surface area contributed by atoms with Crippen LogP contribution in [-0.4, -0.2) is 27.0 Å². The molecule has 0 saturated carbocycles. The van der Waals surface area contributed by atoms with Gasteiger partial charge < -0.3 is 14.8 Å². The van der Waals surface area contributed by atoms with Crippen LogP contribution < -0.4 is 5.32 Å². The second kappa shape index (κ2) is 5.52. The summed E-state index contributed by atoms with van der Waals surface area (Å²) in [5, 5.41) is 11.4. The van der Waals surface area contributed by atoms with Gasteiger partial charge in [-0.25, -0.2) is 14.8 Å². The summed E-state index contributed by atoms with van der Waals surface area (Å²) in [4.78, 5) is 30.4. The highest BCUT2D eigenvalue weighted by atomic mass is 16.4. The standard InChI is InChI=1S/C13H13N3O4/c1-7-8(2)20-11(16-7)6-15-12(17)9-3-4-14-10(5-9)13(18)19/h3-5H,6H2,1-2H3,(H,15,17)(H,18,19). The van der Waals surface area contributed by atoms with Crippen LogP contribution in [0.1, 0.15) is 38.2 Å². The number of nitrogens with zero attached hydrogens (tertiary/aromatic N) is 2.